The van der Waals surface area contributed by atoms with Crippen LogP contribution in [0, 0.1) is 0 Å². The van der Waals surface area contributed by atoms with E-state index in [-0.39, 0.29) is 12.3 Å². The van der Waals surface area contributed by atoms with Crippen LogP contribution in [0.1, 0.15) is 6.42 Å². The first-order valence-electron chi connectivity index (χ1n) is 5.46. The number of carbonyl (C=O) groups excluding carboxylic acids is 2. The Bertz CT molecular complexity index is 449. The first kappa shape index (κ1) is 14.5. The summed E-state index contributed by atoms with van der Waals surface area (Å²) in [5, 5.41) is 13.9. The van der Waals surface area contributed by atoms with E-state index in [1.807, 2.05) is 0 Å². The molecular formula is C12H15ClN2O3. The minimum absolute atomic E-state index is 0.142. The van der Waals surface area contributed by atoms with Gasteiger partial charge in [-0.3, -0.25) is 4.79 Å². The molecule has 1 atom stereocenters. The van der Waals surface area contributed by atoms with E-state index >= 15 is 0 Å². The molecule has 1 aromatic carbocycles. The SMILES string of the molecule is C[NH+](C)[C@H](CC(=O)Nc1cccc(Cl)c1)C(=O)[O-]. The smallest absolute Gasteiger partial charge is 0.230 e. The molecule has 5 nitrogen and oxygen atoms in total. The summed E-state index contributed by atoms with van der Waals surface area (Å²) in [7, 11) is 3.32. The molecule has 6 heteroatoms. The van der Waals surface area contributed by atoms with E-state index in [2.05, 4.69) is 5.32 Å². The number of anilines is 1. The zero-order valence-corrected chi connectivity index (χ0v) is 11.0. The molecule has 0 aromatic heterocycles. The van der Waals surface area contributed by atoms with Crippen molar-refractivity contribution in [3.8, 4) is 0 Å². The van der Waals surface area contributed by atoms with Gasteiger partial charge in [0, 0.05) is 10.7 Å². The average molecular weight is 271 g/mol. The Morgan fingerprint density at radius 1 is 1.44 bits per heavy atom. The Morgan fingerprint density at radius 3 is 2.61 bits per heavy atom. The van der Waals surface area contributed by atoms with Crippen molar-refractivity contribution in [2.75, 3.05) is 19.4 Å². The number of quaternary nitrogens is 1. The lowest BCUT2D eigenvalue weighted by molar-refractivity contribution is -0.878. The number of aliphatic carboxylic acids is 1. The second-order valence-corrected chi connectivity index (χ2v) is 4.65. The summed E-state index contributed by atoms with van der Waals surface area (Å²) in [5.41, 5.74) is 0.540. The molecule has 0 fully saturated rings. The zero-order valence-electron chi connectivity index (χ0n) is 10.2. The maximum atomic E-state index is 11.7. The molecule has 0 aliphatic rings. The van der Waals surface area contributed by atoms with Gasteiger partial charge in [0.2, 0.25) is 5.91 Å². The third-order valence-electron chi connectivity index (χ3n) is 2.48. The monoisotopic (exact) mass is 270 g/mol. The number of carboxylic acids is 1. The van der Waals surface area contributed by atoms with Crippen LogP contribution in [0.2, 0.25) is 5.02 Å². The van der Waals surface area contributed by atoms with E-state index in [9.17, 15) is 14.7 Å². The Labute approximate surface area is 110 Å². The third kappa shape index (κ3) is 4.35. The second-order valence-electron chi connectivity index (χ2n) is 4.21. The molecule has 1 amide bonds. The molecule has 2 N–H and O–H groups in total. The molecule has 0 unspecified atom stereocenters. The maximum Gasteiger partial charge on any atom is 0.230 e. The van der Waals surface area contributed by atoms with Gasteiger partial charge >= 0.3 is 0 Å². The van der Waals surface area contributed by atoms with Crippen LogP contribution in [0.4, 0.5) is 5.69 Å². The minimum atomic E-state index is -1.24. The Hall–Kier alpha value is -1.59. The standard InChI is InChI=1S/C12H15ClN2O3/c1-15(2)10(12(17)18)7-11(16)14-9-5-3-4-8(13)6-9/h3-6,10H,7H2,1-2H3,(H,14,16)(H,17,18)/t10-/m1/s1. The summed E-state index contributed by atoms with van der Waals surface area (Å²) in [5.74, 6) is -1.62. The molecular weight excluding hydrogens is 256 g/mol. The van der Waals surface area contributed by atoms with Crippen LogP contribution in [0.15, 0.2) is 24.3 Å². The van der Waals surface area contributed by atoms with Crippen molar-refractivity contribution in [2.45, 2.75) is 12.5 Å². The fraction of sp³-hybridized carbons (Fsp3) is 0.333. The van der Waals surface area contributed by atoms with Gasteiger partial charge in [-0.05, 0) is 18.2 Å². The van der Waals surface area contributed by atoms with E-state index in [1.54, 1.807) is 38.4 Å². The minimum Gasteiger partial charge on any atom is -0.544 e. The lowest BCUT2D eigenvalue weighted by Crippen LogP contribution is -3.12. The topological polar surface area (TPSA) is 73.7 Å². The second kappa shape index (κ2) is 6.37. The van der Waals surface area contributed by atoms with Gasteiger partial charge in [0.1, 0.15) is 6.04 Å². The van der Waals surface area contributed by atoms with E-state index < -0.39 is 12.0 Å². The van der Waals surface area contributed by atoms with Crippen molar-refractivity contribution in [1.29, 1.82) is 0 Å². The van der Waals surface area contributed by atoms with Gasteiger partial charge in [-0.15, -0.1) is 0 Å². The number of likely N-dealkylation sites (N-methyl/N-ethyl adjacent to an activating group) is 1. The molecule has 0 heterocycles. The summed E-state index contributed by atoms with van der Waals surface area (Å²) >= 11 is 5.78. The number of amides is 1. The molecule has 0 spiro atoms. The fourth-order valence-corrected chi connectivity index (χ4v) is 1.68. The van der Waals surface area contributed by atoms with Crippen molar-refractivity contribution < 1.29 is 19.6 Å². The highest BCUT2D eigenvalue weighted by Crippen LogP contribution is 2.14. The van der Waals surface area contributed by atoms with Crippen LogP contribution in [-0.2, 0) is 9.59 Å². The zero-order chi connectivity index (χ0) is 13.7. The number of carboxylic acid groups (broad SMARTS) is 1. The van der Waals surface area contributed by atoms with Gasteiger partial charge in [0.05, 0.1) is 26.5 Å². The number of carbonyl (C=O) groups is 2. The molecule has 0 saturated carbocycles. The molecule has 0 aliphatic carbocycles. The van der Waals surface area contributed by atoms with Crippen LogP contribution in [0.25, 0.3) is 0 Å². The Morgan fingerprint density at radius 2 is 2.11 bits per heavy atom. The molecule has 0 radical (unpaired) electrons. The predicted molar refractivity (Wildman–Crippen MR) is 66.3 cm³/mol. The van der Waals surface area contributed by atoms with Gasteiger partial charge < -0.3 is 20.1 Å². The van der Waals surface area contributed by atoms with Gasteiger partial charge in [0.15, 0.2) is 0 Å². The van der Waals surface area contributed by atoms with Gasteiger partial charge in [-0.25, -0.2) is 0 Å². The molecule has 98 valence electrons. The van der Waals surface area contributed by atoms with Gasteiger partial charge in [0.25, 0.3) is 0 Å². The van der Waals surface area contributed by atoms with Crippen LogP contribution >= 0.6 is 11.6 Å². The molecule has 0 saturated heterocycles. The first-order chi connectivity index (χ1) is 8.40. The predicted octanol–water partition coefficient (Wildman–Crippen LogP) is -1.07. The number of hydrogen-bond acceptors (Lipinski definition) is 3. The van der Waals surface area contributed by atoms with Crippen molar-refractivity contribution in [3.05, 3.63) is 29.3 Å². The largest absolute Gasteiger partial charge is 0.544 e. The Balaban J connectivity index is 2.63. The van der Waals surface area contributed by atoms with E-state index in [0.717, 1.165) is 0 Å². The highest BCUT2D eigenvalue weighted by Gasteiger charge is 2.20. The van der Waals surface area contributed by atoms with Gasteiger partial charge in [-0.2, -0.15) is 0 Å². The van der Waals surface area contributed by atoms with Crippen molar-refractivity contribution in [2.24, 2.45) is 0 Å². The number of rotatable bonds is 5. The molecule has 0 bridgehead atoms. The summed E-state index contributed by atoms with van der Waals surface area (Å²) in [6, 6.07) is 5.79. The third-order valence-corrected chi connectivity index (χ3v) is 2.71. The molecule has 18 heavy (non-hydrogen) atoms. The fourth-order valence-electron chi connectivity index (χ4n) is 1.49. The quantitative estimate of drug-likeness (QED) is 0.716. The number of halogens is 1. The lowest BCUT2D eigenvalue weighted by Gasteiger charge is -2.21. The molecule has 0 aliphatic heterocycles. The maximum absolute atomic E-state index is 11.7. The van der Waals surface area contributed by atoms with Gasteiger partial charge in [-0.1, -0.05) is 17.7 Å². The first-order valence-corrected chi connectivity index (χ1v) is 5.84. The molecule has 1 aromatic rings. The highest BCUT2D eigenvalue weighted by molar-refractivity contribution is 6.30. The molecule has 1 rings (SSSR count). The van der Waals surface area contributed by atoms with Crippen LogP contribution in [0.5, 0.6) is 0 Å². The van der Waals surface area contributed by atoms with Crippen LogP contribution in [0.3, 0.4) is 0 Å². The Kier molecular flexibility index (Phi) is 5.12. The average Bonchev–Trinajstić information content (AvgIpc) is 2.25. The van der Waals surface area contributed by atoms with Crippen molar-refractivity contribution in [3.63, 3.8) is 0 Å². The van der Waals surface area contributed by atoms with E-state index in [0.29, 0.717) is 15.6 Å². The summed E-state index contributed by atoms with van der Waals surface area (Å²) in [6.45, 7) is 0. The van der Waals surface area contributed by atoms with Crippen LogP contribution < -0.4 is 15.3 Å². The van der Waals surface area contributed by atoms with Crippen molar-refractivity contribution in [1.82, 2.24) is 0 Å². The number of nitrogens with one attached hydrogen (secondary N) is 2. The van der Waals surface area contributed by atoms with E-state index in [1.165, 1.54) is 0 Å². The summed E-state index contributed by atoms with van der Waals surface area (Å²) in [4.78, 5) is 23.2. The summed E-state index contributed by atoms with van der Waals surface area (Å²) < 4.78 is 0. The lowest BCUT2D eigenvalue weighted by atomic mass is 10.2. The normalized spacial score (nSPS) is 12.2. The highest BCUT2D eigenvalue weighted by atomic mass is 35.5. The number of benzene rings is 1. The van der Waals surface area contributed by atoms with Crippen molar-refractivity contribution >= 4 is 29.2 Å². The van der Waals surface area contributed by atoms with E-state index in [4.69, 9.17) is 11.6 Å². The van der Waals surface area contributed by atoms with Crippen LogP contribution in [-0.4, -0.2) is 32.0 Å². The number of hydrogen-bond donors (Lipinski definition) is 2. The summed E-state index contributed by atoms with van der Waals surface area (Å²) in [6.07, 6.45) is -0.142.